The lowest BCUT2D eigenvalue weighted by molar-refractivity contribution is -0.137. The predicted molar refractivity (Wildman–Crippen MR) is 109 cm³/mol. The van der Waals surface area contributed by atoms with Gasteiger partial charge in [-0.1, -0.05) is 38.1 Å². The first kappa shape index (κ1) is 20.6. The molecule has 1 amide bonds. The second kappa shape index (κ2) is 7.53. The Balaban J connectivity index is 1.79. The average Bonchev–Trinajstić information content (AvgIpc) is 3.16. The fraction of sp³-hybridized carbons (Fsp3) is 0.238. The SMILES string of the molecule is CC(C)c1nnc2c(=O)n(CC(=O)Nc3ccccc3C(F)(F)F)c3ccccc3n12. The molecule has 4 aromatic rings. The summed E-state index contributed by atoms with van der Waals surface area (Å²) in [6.07, 6.45) is -4.62. The number of rotatable bonds is 4. The number of aromatic nitrogens is 4. The van der Waals surface area contributed by atoms with Crippen LogP contribution in [0.1, 0.15) is 31.2 Å². The van der Waals surface area contributed by atoms with Crippen molar-refractivity contribution in [1.29, 1.82) is 0 Å². The van der Waals surface area contributed by atoms with Crippen LogP contribution in [-0.4, -0.2) is 25.1 Å². The van der Waals surface area contributed by atoms with Gasteiger partial charge in [-0.25, -0.2) is 0 Å². The second-order valence-electron chi connectivity index (χ2n) is 7.34. The Labute approximate surface area is 174 Å². The lowest BCUT2D eigenvalue weighted by Gasteiger charge is -2.15. The summed E-state index contributed by atoms with van der Waals surface area (Å²) in [6, 6.07) is 11.6. The van der Waals surface area contributed by atoms with Crippen molar-refractivity contribution in [1.82, 2.24) is 19.2 Å². The van der Waals surface area contributed by atoms with Gasteiger partial charge in [0.2, 0.25) is 11.6 Å². The molecular weight excluding hydrogens is 411 g/mol. The van der Waals surface area contributed by atoms with Gasteiger partial charge in [-0.05, 0) is 24.3 Å². The molecule has 0 spiro atoms. The third kappa shape index (κ3) is 3.65. The summed E-state index contributed by atoms with van der Waals surface area (Å²) >= 11 is 0. The number of alkyl halides is 3. The number of benzene rings is 2. The molecule has 0 unspecified atom stereocenters. The van der Waals surface area contributed by atoms with Crippen molar-refractivity contribution in [2.45, 2.75) is 32.5 Å². The molecule has 1 N–H and O–H groups in total. The van der Waals surface area contributed by atoms with E-state index in [1.807, 2.05) is 13.8 Å². The van der Waals surface area contributed by atoms with E-state index in [1.54, 1.807) is 28.7 Å². The molecule has 4 rings (SSSR count). The van der Waals surface area contributed by atoms with Gasteiger partial charge in [-0.2, -0.15) is 13.2 Å². The highest BCUT2D eigenvalue weighted by Gasteiger charge is 2.33. The van der Waals surface area contributed by atoms with Crippen LogP contribution in [0.2, 0.25) is 0 Å². The maximum Gasteiger partial charge on any atom is 0.418 e. The molecule has 0 aliphatic carbocycles. The zero-order valence-electron chi connectivity index (χ0n) is 16.6. The quantitative estimate of drug-likeness (QED) is 0.535. The monoisotopic (exact) mass is 429 g/mol. The summed E-state index contributed by atoms with van der Waals surface area (Å²) in [5.41, 5.74) is -0.781. The van der Waals surface area contributed by atoms with Crippen molar-refractivity contribution in [2.24, 2.45) is 0 Å². The highest BCUT2D eigenvalue weighted by molar-refractivity contribution is 5.92. The topological polar surface area (TPSA) is 81.3 Å². The molecule has 0 saturated heterocycles. The number of fused-ring (bicyclic) bond motifs is 3. The van der Waals surface area contributed by atoms with E-state index < -0.39 is 29.8 Å². The number of halogens is 3. The highest BCUT2D eigenvalue weighted by atomic mass is 19.4. The normalized spacial score (nSPS) is 12.1. The van der Waals surface area contributed by atoms with Crippen LogP contribution in [0.3, 0.4) is 0 Å². The summed E-state index contributed by atoms with van der Waals surface area (Å²) in [4.78, 5) is 25.7. The second-order valence-corrected chi connectivity index (χ2v) is 7.34. The number of amides is 1. The molecule has 10 heteroatoms. The fourth-order valence-corrected chi connectivity index (χ4v) is 3.49. The van der Waals surface area contributed by atoms with Crippen molar-refractivity contribution in [2.75, 3.05) is 5.32 Å². The molecule has 0 fully saturated rings. The van der Waals surface area contributed by atoms with Gasteiger partial charge >= 0.3 is 6.18 Å². The van der Waals surface area contributed by atoms with E-state index in [0.29, 0.717) is 16.9 Å². The molecule has 160 valence electrons. The summed E-state index contributed by atoms with van der Waals surface area (Å²) in [6.45, 7) is 3.36. The fourth-order valence-electron chi connectivity index (χ4n) is 3.49. The van der Waals surface area contributed by atoms with Gasteiger partial charge < -0.3 is 5.32 Å². The van der Waals surface area contributed by atoms with Gasteiger partial charge in [-0.15, -0.1) is 10.2 Å². The number of hydrogen-bond acceptors (Lipinski definition) is 4. The molecule has 0 saturated carbocycles. The van der Waals surface area contributed by atoms with Crippen LogP contribution in [0, 0.1) is 0 Å². The van der Waals surface area contributed by atoms with Crippen LogP contribution < -0.4 is 10.9 Å². The van der Waals surface area contributed by atoms with E-state index in [9.17, 15) is 22.8 Å². The van der Waals surface area contributed by atoms with E-state index in [0.717, 1.165) is 12.1 Å². The summed E-state index contributed by atoms with van der Waals surface area (Å²) in [7, 11) is 0. The van der Waals surface area contributed by atoms with Crippen LogP contribution in [0.15, 0.2) is 53.3 Å². The third-order valence-electron chi connectivity index (χ3n) is 4.86. The van der Waals surface area contributed by atoms with Crippen LogP contribution in [-0.2, 0) is 17.5 Å². The maximum absolute atomic E-state index is 13.2. The molecule has 2 heterocycles. The molecule has 7 nitrogen and oxygen atoms in total. The number of anilines is 1. The minimum absolute atomic E-state index is 0.00387. The third-order valence-corrected chi connectivity index (χ3v) is 4.86. The lowest BCUT2D eigenvalue weighted by Crippen LogP contribution is -2.30. The molecule has 2 aromatic carbocycles. The van der Waals surface area contributed by atoms with Gasteiger partial charge in [0.05, 0.1) is 22.3 Å². The Morgan fingerprint density at radius 2 is 1.68 bits per heavy atom. The first-order chi connectivity index (χ1) is 14.7. The van der Waals surface area contributed by atoms with E-state index in [1.165, 1.54) is 16.7 Å². The van der Waals surface area contributed by atoms with Gasteiger partial charge in [0.1, 0.15) is 12.4 Å². The number of hydrogen-bond donors (Lipinski definition) is 1. The molecule has 2 aromatic heterocycles. The minimum Gasteiger partial charge on any atom is -0.324 e. The van der Waals surface area contributed by atoms with Crippen molar-refractivity contribution in [3.8, 4) is 0 Å². The van der Waals surface area contributed by atoms with Gasteiger partial charge in [-0.3, -0.25) is 18.6 Å². The molecule has 0 bridgehead atoms. The van der Waals surface area contributed by atoms with Gasteiger partial charge in [0, 0.05) is 5.92 Å². The smallest absolute Gasteiger partial charge is 0.324 e. The Bertz CT molecular complexity index is 1350. The van der Waals surface area contributed by atoms with Crippen LogP contribution >= 0.6 is 0 Å². The van der Waals surface area contributed by atoms with Crippen molar-refractivity contribution in [3.63, 3.8) is 0 Å². The Morgan fingerprint density at radius 1 is 1.03 bits per heavy atom. The number of para-hydroxylation sites is 3. The number of carbonyl (C=O) groups is 1. The zero-order valence-corrected chi connectivity index (χ0v) is 16.6. The molecule has 0 aliphatic heterocycles. The van der Waals surface area contributed by atoms with E-state index >= 15 is 0 Å². The number of nitrogens with zero attached hydrogens (tertiary/aromatic N) is 4. The van der Waals surface area contributed by atoms with Crippen molar-refractivity contribution < 1.29 is 18.0 Å². The van der Waals surface area contributed by atoms with E-state index in [2.05, 4.69) is 15.5 Å². The predicted octanol–water partition coefficient (Wildman–Crippen LogP) is 3.83. The summed E-state index contributed by atoms with van der Waals surface area (Å²) < 4.78 is 42.5. The maximum atomic E-state index is 13.2. The summed E-state index contributed by atoms with van der Waals surface area (Å²) in [5, 5.41) is 10.4. The van der Waals surface area contributed by atoms with Crippen LogP contribution in [0.4, 0.5) is 18.9 Å². The summed E-state index contributed by atoms with van der Waals surface area (Å²) in [5.74, 6) is -0.174. The van der Waals surface area contributed by atoms with Gasteiger partial charge in [0.25, 0.3) is 5.56 Å². The lowest BCUT2D eigenvalue weighted by atomic mass is 10.1. The minimum atomic E-state index is -4.62. The van der Waals surface area contributed by atoms with Crippen LogP contribution in [0.5, 0.6) is 0 Å². The number of nitrogens with one attached hydrogen (secondary N) is 1. The molecule has 0 atom stereocenters. The first-order valence-electron chi connectivity index (χ1n) is 9.51. The van der Waals surface area contributed by atoms with E-state index in [-0.39, 0.29) is 17.3 Å². The highest BCUT2D eigenvalue weighted by Crippen LogP contribution is 2.34. The van der Waals surface area contributed by atoms with Crippen molar-refractivity contribution in [3.05, 3.63) is 70.3 Å². The molecular formula is C21H18F3N5O2. The molecule has 0 aliphatic rings. The molecule has 0 radical (unpaired) electrons. The van der Waals surface area contributed by atoms with Crippen LogP contribution in [0.25, 0.3) is 16.7 Å². The van der Waals surface area contributed by atoms with Crippen molar-refractivity contribution >= 4 is 28.3 Å². The standard InChI is InChI=1S/C21H18F3N5O2/c1-12(2)18-26-27-19-20(31)28(15-9-5-6-10-16(15)29(18)19)11-17(30)25-14-8-4-3-7-13(14)21(22,23)24/h3-10,12H,11H2,1-2H3,(H,25,30). The molecule has 31 heavy (non-hydrogen) atoms. The number of carbonyl (C=O) groups excluding carboxylic acids is 1. The Kier molecular flexibility index (Phi) is 5.00. The van der Waals surface area contributed by atoms with E-state index in [4.69, 9.17) is 0 Å². The Morgan fingerprint density at radius 3 is 2.35 bits per heavy atom. The Hall–Kier alpha value is -3.69. The zero-order chi connectivity index (χ0) is 22.3. The largest absolute Gasteiger partial charge is 0.418 e. The average molecular weight is 429 g/mol. The first-order valence-corrected chi connectivity index (χ1v) is 9.51. The van der Waals surface area contributed by atoms with Gasteiger partial charge in [0.15, 0.2) is 0 Å².